The minimum Gasteiger partial charge on any atom is -0.502 e. The van der Waals surface area contributed by atoms with E-state index in [1.165, 1.54) is 0 Å². The standard InChI is InChI=1S/C13H9FN2O6S/c14-7-1-3-8(4-2-7)23(21,22)11-6-15-16-12(11)9(17)5-10(18)13(19)20/h1-6,18H,(H,15,16)(H,19,20). The van der Waals surface area contributed by atoms with Gasteiger partial charge in [0.05, 0.1) is 11.1 Å². The van der Waals surface area contributed by atoms with Crippen LogP contribution in [-0.2, 0) is 14.6 Å². The quantitative estimate of drug-likeness (QED) is 0.320. The Balaban J connectivity index is 2.49. The van der Waals surface area contributed by atoms with Crippen molar-refractivity contribution in [2.75, 3.05) is 0 Å². The van der Waals surface area contributed by atoms with Crippen LogP contribution < -0.4 is 0 Å². The summed E-state index contributed by atoms with van der Waals surface area (Å²) in [6, 6.07) is 3.89. The van der Waals surface area contributed by atoms with Crippen LogP contribution in [0.4, 0.5) is 4.39 Å². The second kappa shape index (κ2) is 6.01. The Morgan fingerprint density at radius 1 is 1.17 bits per heavy atom. The Morgan fingerprint density at radius 2 is 1.78 bits per heavy atom. The summed E-state index contributed by atoms with van der Waals surface area (Å²) < 4.78 is 37.7. The monoisotopic (exact) mass is 340 g/mol. The molecule has 1 heterocycles. The first-order chi connectivity index (χ1) is 10.7. The zero-order valence-electron chi connectivity index (χ0n) is 11.2. The number of carboxylic acids is 1. The number of aromatic nitrogens is 2. The summed E-state index contributed by atoms with van der Waals surface area (Å²) in [6.07, 6.45) is 1.21. The van der Waals surface area contributed by atoms with Gasteiger partial charge in [0.25, 0.3) is 0 Å². The van der Waals surface area contributed by atoms with E-state index in [1.807, 2.05) is 0 Å². The average Bonchev–Trinajstić information content (AvgIpc) is 2.97. The third kappa shape index (κ3) is 3.26. The summed E-state index contributed by atoms with van der Waals surface area (Å²) in [4.78, 5) is 21.6. The Kier molecular flexibility index (Phi) is 4.27. The van der Waals surface area contributed by atoms with Gasteiger partial charge in [0, 0.05) is 6.08 Å². The second-order valence-corrected chi connectivity index (χ2v) is 6.18. The summed E-state index contributed by atoms with van der Waals surface area (Å²) in [7, 11) is -4.18. The number of sulfone groups is 1. The first kappa shape index (κ1) is 16.4. The fourth-order valence-corrected chi connectivity index (χ4v) is 3.01. The molecule has 120 valence electrons. The highest BCUT2D eigenvalue weighted by Gasteiger charge is 2.26. The molecule has 8 nitrogen and oxygen atoms in total. The molecule has 0 amide bonds. The lowest BCUT2D eigenvalue weighted by atomic mass is 10.2. The molecule has 3 N–H and O–H groups in total. The number of rotatable bonds is 5. The number of aliphatic carboxylic acids is 1. The van der Waals surface area contributed by atoms with Gasteiger partial charge in [0.1, 0.15) is 16.4 Å². The van der Waals surface area contributed by atoms with Crippen molar-refractivity contribution in [3.63, 3.8) is 0 Å². The number of nitrogens with one attached hydrogen (secondary N) is 1. The fourth-order valence-electron chi connectivity index (χ4n) is 1.65. The van der Waals surface area contributed by atoms with Crippen LogP contribution in [0.25, 0.3) is 0 Å². The van der Waals surface area contributed by atoms with Crippen molar-refractivity contribution in [3.05, 3.63) is 53.8 Å². The molecular formula is C13H9FN2O6S. The number of halogens is 1. The van der Waals surface area contributed by atoms with E-state index in [0.717, 1.165) is 30.5 Å². The number of benzene rings is 1. The molecule has 10 heteroatoms. The molecule has 0 aliphatic heterocycles. The molecule has 0 aliphatic carbocycles. The van der Waals surface area contributed by atoms with Crippen LogP contribution in [0.3, 0.4) is 0 Å². The van der Waals surface area contributed by atoms with Crippen molar-refractivity contribution < 1.29 is 32.6 Å². The summed E-state index contributed by atoms with van der Waals surface area (Å²) in [5.41, 5.74) is -0.526. The van der Waals surface area contributed by atoms with Crippen molar-refractivity contribution in [1.82, 2.24) is 10.2 Å². The number of carboxylic acid groups (broad SMARTS) is 1. The van der Waals surface area contributed by atoms with Crippen molar-refractivity contribution in [2.24, 2.45) is 0 Å². The summed E-state index contributed by atoms with van der Waals surface area (Å²) >= 11 is 0. The molecule has 0 unspecified atom stereocenters. The molecule has 0 atom stereocenters. The van der Waals surface area contributed by atoms with Crippen LogP contribution in [0.5, 0.6) is 0 Å². The third-order valence-electron chi connectivity index (χ3n) is 2.75. The molecule has 2 rings (SSSR count). The van der Waals surface area contributed by atoms with E-state index in [-0.39, 0.29) is 4.90 Å². The van der Waals surface area contributed by atoms with Crippen LogP contribution in [0, 0.1) is 5.82 Å². The minimum atomic E-state index is -4.18. The third-order valence-corrected chi connectivity index (χ3v) is 4.53. The van der Waals surface area contributed by atoms with E-state index in [2.05, 4.69) is 10.2 Å². The first-order valence-corrected chi connectivity index (χ1v) is 7.44. The van der Waals surface area contributed by atoms with E-state index in [1.54, 1.807) is 0 Å². The van der Waals surface area contributed by atoms with Crippen LogP contribution in [0.2, 0.25) is 0 Å². The van der Waals surface area contributed by atoms with Crippen LogP contribution in [0.15, 0.2) is 52.1 Å². The number of H-pyrrole nitrogens is 1. The predicted octanol–water partition coefficient (Wildman–Crippen LogP) is 1.09. The van der Waals surface area contributed by atoms with Crippen molar-refractivity contribution in [2.45, 2.75) is 9.79 Å². The number of nitrogens with zero attached hydrogens (tertiary/aromatic N) is 1. The Morgan fingerprint density at radius 3 is 2.35 bits per heavy atom. The maximum atomic E-state index is 12.9. The fraction of sp³-hybridized carbons (Fsp3) is 0. The molecule has 23 heavy (non-hydrogen) atoms. The normalized spacial score (nSPS) is 12.1. The number of hydrogen-bond acceptors (Lipinski definition) is 6. The SMILES string of the molecule is O=C(O)C(O)=CC(=O)c1[nH]ncc1S(=O)(=O)c1ccc(F)cc1. The molecule has 1 aromatic carbocycles. The predicted molar refractivity (Wildman–Crippen MR) is 73.1 cm³/mol. The Labute approximate surface area is 128 Å². The second-order valence-electron chi connectivity index (χ2n) is 4.27. The maximum absolute atomic E-state index is 12.9. The van der Waals surface area contributed by atoms with E-state index in [9.17, 15) is 22.4 Å². The van der Waals surface area contributed by atoms with Gasteiger partial charge in [0.15, 0.2) is 0 Å². The number of aliphatic hydroxyl groups excluding tert-OH is 1. The molecular weight excluding hydrogens is 331 g/mol. The van der Waals surface area contributed by atoms with Gasteiger partial charge in [-0.25, -0.2) is 17.6 Å². The molecule has 0 aliphatic rings. The number of allylic oxidation sites excluding steroid dienone is 1. The molecule has 0 spiro atoms. The zero-order valence-corrected chi connectivity index (χ0v) is 12.0. The van der Waals surface area contributed by atoms with E-state index < -0.39 is 43.8 Å². The topological polar surface area (TPSA) is 137 Å². The smallest absolute Gasteiger partial charge is 0.371 e. The van der Waals surface area contributed by atoms with Gasteiger partial charge in [-0.05, 0) is 24.3 Å². The van der Waals surface area contributed by atoms with Gasteiger partial charge in [-0.3, -0.25) is 9.89 Å². The van der Waals surface area contributed by atoms with E-state index >= 15 is 0 Å². The van der Waals surface area contributed by atoms with Gasteiger partial charge < -0.3 is 10.2 Å². The molecule has 0 radical (unpaired) electrons. The Hall–Kier alpha value is -3.01. The average molecular weight is 340 g/mol. The highest BCUT2D eigenvalue weighted by molar-refractivity contribution is 7.91. The number of aromatic amines is 1. The highest BCUT2D eigenvalue weighted by Crippen LogP contribution is 2.23. The lowest BCUT2D eigenvalue weighted by molar-refractivity contribution is -0.135. The van der Waals surface area contributed by atoms with Gasteiger partial charge in [-0.1, -0.05) is 0 Å². The molecule has 1 aromatic heterocycles. The van der Waals surface area contributed by atoms with Gasteiger partial charge >= 0.3 is 5.97 Å². The van der Waals surface area contributed by atoms with Gasteiger partial charge in [-0.2, -0.15) is 5.10 Å². The lowest BCUT2D eigenvalue weighted by Gasteiger charge is -2.03. The molecule has 2 aromatic rings. The lowest BCUT2D eigenvalue weighted by Crippen LogP contribution is -2.09. The molecule has 0 saturated heterocycles. The van der Waals surface area contributed by atoms with Crippen LogP contribution >= 0.6 is 0 Å². The Bertz CT molecular complexity index is 899. The molecule has 0 bridgehead atoms. The van der Waals surface area contributed by atoms with E-state index in [0.29, 0.717) is 6.08 Å². The van der Waals surface area contributed by atoms with Crippen molar-refractivity contribution in [1.29, 1.82) is 0 Å². The van der Waals surface area contributed by atoms with Crippen molar-refractivity contribution >= 4 is 21.6 Å². The number of ketones is 1. The summed E-state index contributed by atoms with van der Waals surface area (Å²) in [5.74, 6) is -4.74. The summed E-state index contributed by atoms with van der Waals surface area (Å²) in [5, 5.41) is 23.1. The number of aliphatic hydroxyl groups is 1. The molecule has 0 fully saturated rings. The van der Waals surface area contributed by atoms with Crippen molar-refractivity contribution in [3.8, 4) is 0 Å². The zero-order chi connectivity index (χ0) is 17.2. The van der Waals surface area contributed by atoms with Crippen LogP contribution in [-0.4, -0.2) is 40.6 Å². The highest BCUT2D eigenvalue weighted by atomic mass is 32.2. The number of carbonyl (C=O) groups excluding carboxylic acids is 1. The largest absolute Gasteiger partial charge is 0.502 e. The van der Waals surface area contributed by atoms with E-state index in [4.69, 9.17) is 10.2 Å². The first-order valence-electron chi connectivity index (χ1n) is 5.96. The number of hydrogen-bond donors (Lipinski definition) is 3. The van der Waals surface area contributed by atoms with Gasteiger partial charge in [-0.15, -0.1) is 0 Å². The maximum Gasteiger partial charge on any atom is 0.371 e. The summed E-state index contributed by atoms with van der Waals surface area (Å²) in [6.45, 7) is 0. The van der Waals surface area contributed by atoms with Gasteiger partial charge in [0.2, 0.25) is 21.4 Å². The minimum absolute atomic E-state index is 0.277. The number of carbonyl (C=O) groups is 2. The molecule has 0 saturated carbocycles. The van der Waals surface area contributed by atoms with Crippen LogP contribution in [0.1, 0.15) is 10.5 Å².